The van der Waals surface area contributed by atoms with Crippen LogP contribution in [0.5, 0.6) is 0 Å². The summed E-state index contributed by atoms with van der Waals surface area (Å²) in [5.74, 6) is -0.796. The highest BCUT2D eigenvalue weighted by molar-refractivity contribution is 6.39. The molecule has 0 amide bonds. The second kappa shape index (κ2) is 5.76. The van der Waals surface area contributed by atoms with Gasteiger partial charge in [0, 0.05) is 22.3 Å². The number of carbonyl (C=O) groups excluding carboxylic acids is 3. The minimum Gasteiger partial charge on any atom is -0.383 e. The second-order valence-electron chi connectivity index (χ2n) is 6.04. The van der Waals surface area contributed by atoms with Crippen LogP contribution in [0.1, 0.15) is 49.2 Å². The predicted octanol–water partition coefficient (Wildman–Crippen LogP) is 3.24. The van der Waals surface area contributed by atoms with Gasteiger partial charge in [0.1, 0.15) is 6.10 Å². The zero-order valence-corrected chi connectivity index (χ0v) is 13.2. The monoisotopic (exact) mass is 330 g/mol. The van der Waals surface area contributed by atoms with Crippen molar-refractivity contribution >= 4 is 17.3 Å². The van der Waals surface area contributed by atoms with Gasteiger partial charge in [-0.15, -0.1) is 0 Å². The number of carbonyl (C=O) groups is 3. The van der Waals surface area contributed by atoms with Gasteiger partial charge in [-0.1, -0.05) is 60.7 Å². The third-order valence-corrected chi connectivity index (χ3v) is 4.62. The summed E-state index contributed by atoms with van der Waals surface area (Å²) in [6.07, 6.45) is 2.38. The highest BCUT2D eigenvalue weighted by Crippen LogP contribution is 2.35. The Morgan fingerprint density at radius 1 is 0.760 bits per heavy atom. The highest BCUT2D eigenvalue weighted by atomic mass is 16.3. The molecule has 0 fully saturated rings. The lowest BCUT2D eigenvalue weighted by Gasteiger charge is -2.03. The van der Waals surface area contributed by atoms with E-state index in [2.05, 4.69) is 0 Å². The van der Waals surface area contributed by atoms with Gasteiger partial charge in [0.25, 0.3) is 0 Å². The zero-order chi connectivity index (χ0) is 17.6. The number of rotatable bonds is 2. The Hall–Kier alpha value is -3.11. The van der Waals surface area contributed by atoms with E-state index < -0.39 is 6.10 Å². The average molecular weight is 330 g/mol. The molecule has 2 aromatic rings. The first kappa shape index (κ1) is 15.4. The number of fused-ring (bicyclic) bond motifs is 2. The van der Waals surface area contributed by atoms with Crippen molar-refractivity contribution in [2.75, 3.05) is 0 Å². The van der Waals surface area contributed by atoms with Crippen LogP contribution in [0.3, 0.4) is 0 Å². The zero-order valence-electron chi connectivity index (χ0n) is 13.2. The molecular formula is C21H14O4. The van der Waals surface area contributed by atoms with Crippen molar-refractivity contribution in [3.05, 3.63) is 94.1 Å². The summed E-state index contributed by atoms with van der Waals surface area (Å²) in [5, 5.41) is 10.3. The van der Waals surface area contributed by atoms with Gasteiger partial charge in [-0.3, -0.25) is 14.4 Å². The topological polar surface area (TPSA) is 71.4 Å². The first-order valence-electron chi connectivity index (χ1n) is 8.00. The molecule has 2 aromatic carbocycles. The molecule has 0 heterocycles. The van der Waals surface area contributed by atoms with E-state index in [4.69, 9.17) is 0 Å². The number of hydrogen-bond donors (Lipinski definition) is 1. The van der Waals surface area contributed by atoms with Crippen LogP contribution in [-0.4, -0.2) is 22.5 Å². The van der Waals surface area contributed by atoms with Crippen LogP contribution >= 0.6 is 0 Å². The third kappa shape index (κ3) is 2.30. The Morgan fingerprint density at radius 3 is 1.92 bits per heavy atom. The maximum Gasteiger partial charge on any atom is 0.197 e. The predicted molar refractivity (Wildman–Crippen MR) is 91.6 cm³/mol. The van der Waals surface area contributed by atoms with Crippen LogP contribution in [0.4, 0.5) is 0 Å². The van der Waals surface area contributed by atoms with Crippen LogP contribution in [0.2, 0.25) is 0 Å². The van der Waals surface area contributed by atoms with Gasteiger partial charge in [-0.05, 0) is 12.0 Å². The van der Waals surface area contributed by atoms with E-state index in [9.17, 15) is 19.5 Å². The van der Waals surface area contributed by atoms with Gasteiger partial charge >= 0.3 is 0 Å². The molecular weight excluding hydrogens is 316 g/mol. The minimum absolute atomic E-state index is 0.121. The smallest absolute Gasteiger partial charge is 0.197 e. The Morgan fingerprint density at radius 2 is 1.32 bits per heavy atom. The highest BCUT2D eigenvalue weighted by Gasteiger charge is 2.33. The number of allylic oxidation sites excluding steroid dienone is 3. The van der Waals surface area contributed by atoms with E-state index >= 15 is 0 Å². The summed E-state index contributed by atoms with van der Waals surface area (Å²) < 4.78 is 0. The number of benzene rings is 2. The SMILES string of the molecule is O=C1C(=CCC=C2C(=O)c3ccccc3C2O)C(=O)c2ccccc21. The molecule has 0 aliphatic heterocycles. The molecule has 25 heavy (non-hydrogen) atoms. The number of Topliss-reactive ketones (excluding diaryl/α,β-unsaturated/α-hetero) is 3. The summed E-state index contributed by atoms with van der Waals surface area (Å²) in [6.45, 7) is 0. The quantitative estimate of drug-likeness (QED) is 0.678. The fourth-order valence-electron chi connectivity index (χ4n) is 3.36. The maximum atomic E-state index is 12.4. The maximum absolute atomic E-state index is 12.4. The summed E-state index contributed by atoms with van der Waals surface area (Å²) in [4.78, 5) is 37.0. The van der Waals surface area contributed by atoms with E-state index in [0.717, 1.165) is 0 Å². The molecule has 0 saturated heterocycles. The summed E-state index contributed by atoms with van der Waals surface area (Å²) >= 11 is 0. The van der Waals surface area contributed by atoms with Crippen LogP contribution in [0, 0.1) is 0 Å². The van der Waals surface area contributed by atoms with Gasteiger partial charge in [-0.25, -0.2) is 0 Å². The molecule has 0 bridgehead atoms. The summed E-state index contributed by atoms with van der Waals surface area (Å²) in [6, 6.07) is 13.6. The summed E-state index contributed by atoms with van der Waals surface area (Å²) in [7, 11) is 0. The van der Waals surface area contributed by atoms with Crippen LogP contribution in [0.15, 0.2) is 71.8 Å². The molecule has 0 radical (unpaired) electrons. The van der Waals surface area contributed by atoms with Crippen molar-refractivity contribution in [2.45, 2.75) is 12.5 Å². The lowest BCUT2D eigenvalue weighted by Crippen LogP contribution is -2.01. The standard InChI is InChI=1S/C21H14O4/c22-18-12-6-1-2-7-13(12)19(23)16(18)10-5-11-17-20(24)14-8-3-4-9-15(14)21(17)25/h1-4,6-11,18,22H,5H2. The van der Waals surface area contributed by atoms with E-state index in [1.54, 1.807) is 54.6 Å². The van der Waals surface area contributed by atoms with Crippen molar-refractivity contribution in [1.82, 2.24) is 0 Å². The number of ketones is 3. The molecule has 0 aromatic heterocycles. The van der Waals surface area contributed by atoms with Crippen molar-refractivity contribution in [2.24, 2.45) is 0 Å². The number of aliphatic hydroxyl groups excluding tert-OH is 1. The van der Waals surface area contributed by atoms with Crippen LogP contribution < -0.4 is 0 Å². The van der Waals surface area contributed by atoms with Gasteiger partial charge in [0.05, 0.1) is 5.57 Å². The van der Waals surface area contributed by atoms with Crippen molar-refractivity contribution in [3.8, 4) is 0 Å². The van der Waals surface area contributed by atoms with E-state index in [1.807, 2.05) is 0 Å². The molecule has 2 aliphatic rings. The van der Waals surface area contributed by atoms with Crippen molar-refractivity contribution in [3.63, 3.8) is 0 Å². The lowest BCUT2D eigenvalue weighted by atomic mass is 10.1. The van der Waals surface area contributed by atoms with Crippen molar-refractivity contribution in [1.29, 1.82) is 0 Å². The molecule has 0 spiro atoms. The minimum atomic E-state index is -0.964. The average Bonchev–Trinajstić information content (AvgIpc) is 3.03. The normalized spacial score (nSPS) is 20.2. The second-order valence-corrected chi connectivity index (χ2v) is 6.04. The van der Waals surface area contributed by atoms with E-state index in [1.165, 1.54) is 6.08 Å². The van der Waals surface area contributed by atoms with Gasteiger partial charge in [0.15, 0.2) is 17.3 Å². The molecule has 1 unspecified atom stereocenters. The molecule has 2 aliphatic carbocycles. The molecule has 0 saturated carbocycles. The van der Waals surface area contributed by atoms with Crippen molar-refractivity contribution < 1.29 is 19.5 Å². The van der Waals surface area contributed by atoms with E-state index in [-0.39, 0.29) is 34.9 Å². The van der Waals surface area contributed by atoms with Crippen LogP contribution in [-0.2, 0) is 0 Å². The van der Waals surface area contributed by atoms with Gasteiger partial charge in [0.2, 0.25) is 0 Å². The fourth-order valence-corrected chi connectivity index (χ4v) is 3.36. The van der Waals surface area contributed by atoms with Gasteiger partial charge in [-0.2, -0.15) is 0 Å². The Kier molecular flexibility index (Phi) is 3.55. The Labute approximate surface area is 144 Å². The third-order valence-electron chi connectivity index (χ3n) is 4.62. The molecule has 122 valence electrons. The Bertz CT molecular complexity index is 957. The first-order chi connectivity index (χ1) is 12.1. The van der Waals surface area contributed by atoms with E-state index in [0.29, 0.717) is 22.3 Å². The number of hydrogen-bond acceptors (Lipinski definition) is 4. The molecule has 4 rings (SSSR count). The summed E-state index contributed by atoms with van der Waals surface area (Å²) in [5.41, 5.74) is 2.32. The fraction of sp³-hybridized carbons (Fsp3) is 0.0952. The number of aliphatic hydroxyl groups is 1. The largest absolute Gasteiger partial charge is 0.383 e. The Balaban J connectivity index is 1.60. The molecule has 1 atom stereocenters. The molecule has 1 N–H and O–H groups in total. The lowest BCUT2D eigenvalue weighted by molar-refractivity contribution is 0.0984. The molecule has 4 heteroatoms. The van der Waals surface area contributed by atoms with Crippen LogP contribution in [0.25, 0.3) is 0 Å². The molecule has 4 nitrogen and oxygen atoms in total. The first-order valence-corrected chi connectivity index (χ1v) is 8.00. The van der Waals surface area contributed by atoms with Gasteiger partial charge < -0.3 is 5.11 Å².